The van der Waals surface area contributed by atoms with Gasteiger partial charge in [-0.25, -0.2) is 0 Å². The third kappa shape index (κ3) is 8.99. The monoisotopic (exact) mass is 190 g/mol. The molecule has 0 aromatic heterocycles. The van der Waals surface area contributed by atoms with Gasteiger partial charge in [0.05, 0.1) is 0 Å². The van der Waals surface area contributed by atoms with E-state index in [0.29, 0.717) is 6.42 Å². The van der Waals surface area contributed by atoms with E-state index in [0.717, 1.165) is 6.42 Å². The van der Waals surface area contributed by atoms with E-state index in [2.05, 4.69) is 5.92 Å². The third-order valence-corrected chi connectivity index (χ3v) is 1.48. The van der Waals surface area contributed by atoms with Gasteiger partial charge in [0, 0.05) is 0 Å². The van der Waals surface area contributed by atoms with E-state index < -0.39 is 5.60 Å². The van der Waals surface area contributed by atoms with E-state index in [9.17, 15) is 5.11 Å². The van der Waals surface area contributed by atoms with Crippen LogP contribution in [0.4, 0.5) is 0 Å². The summed E-state index contributed by atoms with van der Waals surface area (Å²) < 4.78 is 0. The molecule has 0 aromatic rings. The fourth-order valence-electron chi connectivity index (χ4n) is 0.708. The Morgan fingerprint density at radius 3 is 2.42 bits per heavy atom. The molecule has 0 aliphatic rings. The maximum absolute atomic E-state index is 11.2. The molecule has 0 spiro atoms. The van der Waals surface area contributed by atoms with Gasteiger partial charge < -0.3 is 5.11 Å². The molecule has 0 saturated heterocycles. The van der Waals surface area contributed by atoms with E-state index >= 15 is 0 Å². The van der Waals surface area contributed by atoms with Crippen molar-refractivity contribution in [1.29, 1.82) is 0 Å². The molecule has 0 fully saturated rings. The minimum Gasteiger partial charge on any atom is -0.840 e. The molecule has 62 valence electrons. The first-order valence-corrected chi connectivity index (χ1v) is 3.79. The Bertz CT molecular complexity index is 183. The quantitative estimate of drug-likeness (QED) is 0.301. The summed E-state index contributed by atoms with van der Waals surface area (Å²) >= 11 is 0. The number of hydrogen-bond donors (Lipinski definition) is 0. The zero-order chi connectivity index (χ0) is 8.91. The molecule has 0 saturated carbocycles. The first-order valence-electron chi connectivity index (χ1n) is 3.79. The van der Waals surface area contributed by atoms with E-state index in [1.165, 1.54) is 5.57 Å². The van der Waals surface area contributed by atoms with Crippen LogP contribution in [-0.4, -0.2) is 5.60 Å². The van der Waals surface area contributed by atoms with Crippen LogP contribution in [-0.2, 0) is 0 Å². The zero-order valence-electron chi connectivity index (χ0n) is 8.48. The standard InChI is InChI=1S/C10H15O.K/c1-5-10(4,11)8-6-7-9(2)3;/h1,7H,6,8H2,2-4H3;/q-1;+1. The Kier molecular flexibility index (Phi) is 9.37. The summed E-state index contributed by atoms with van der Waals surface area (Å²) in [5.74, 6) is 2.23. The normalized spacial score (nSPS) is 13.6. The topological polar surface area (TPSA) is 23.1 Å². The summed E-state index contributed by atoms with van der Waals surface area (Å²) in [4.78, 5) is 0. The van der Waals surface area contributed by atoms with Crippen molar-refractivity contribution in [2.24, 2.45) is 0 Å². The second-order valence-electron chi connectivity index (χ2n) is 3.20. The summed E-state index contributed by atoms with van der Waals surface area (Å²) in [6, 6.07) is 0. The molecule has 0 radical (unpaired) electrons. The van der Waals surface area contributed by atoms with Gasteiger partial charge in [-0.1, -0.05) is 24.2 Å². The van der Waals surface area contributed by atoms with Crippen molar-refractivity contribution < 1.29 is 56.5 Å². The van der Waals surface area contributed by atoms with E-state index in [4.69, 9.17) is 6.42 Å². The fourth-order valence-corrected chi connectivity index (χ4v) is 0.708. The first kappa shape index (κ1) is 15.4. The molecule has 0 amide bonds. The first-order chi connectivity index (χ1) is 4.98. The van der Waals surface area contributed by atoms with Gasteiger partial charge >= 0.3 is 51.4 Å². The molecule has 1 nitrogen and oxygen atoms in total. The maximum Gasteiger partial charge on any atom is 1.00 e. The van der Waals surface area contributed by atoms with Gasteiger partial charge in [-0.05, 0) is 26.7 Å². The summed E-state index contributed by atoms with van der Waals surface area (Å²) in [6.07, 6.45) is 8.38. The summed E-state index contributed by atoms with van der Waals surface area (Å²) in [5.41, 5.74) is 0.0456. The molecule has 1 unspecified atom stereocenters. The Hall–Kier alpha value is 0.896. The predicted octanol–water partition coefficient (Wildman–Crippen LogP) is -1.51. The second-order valence-corrected chi connectivity index (χ2v) is 3.20. The zero-order valence-corrected chi connectivity index (χ0v) is 11.6. The minimum absolute atomic E-state index is 0. The Labute approximate surface area is 118 Å². The largest absolute Gasteiger partial charge is 1.00 e. The summed E-state index contributed by atoms with van der Waals surface area (Å²) in [5, 5.41) is 11.2. The SMILES string of the molecule is C#CC(C)([O-])CCC=C(C)C.[K+]. The van der Waals surface area contributed by atoms with Crippen LogP contribution in [0.5, 0.6) is 0 Å². The Morgan fingerprint density at radius 1 is 1.58 bits per heavy atom. The van der Waals surface area contributed by atoms with Gasteiger partial charge in [0.15, 0.2) is 0 Å². The van der Waals surface area contributed by atoms with Gasteiger partial charge in [0.1, 0.15) is 0 Å². The molecule has 0 bridgehead atoms. The molecule has 0 rings (SSSR count). The average molecular weight is 190 g/mol. The minimum atomic E-state index is -1.19. The Morgan fingerprint density at radius 2 is 2.08 bits per heavy atom. The van der Waals surface area contributed by atoms with E-state index in [-0.39, 0.29) is 51.4 Å². The van der Waals surface area contributed by atoms with Gasteiger partial charge in [0.2, 0.25) is 0 Å². The van der Waals surface area contributed by atoms with Crippen molar-refractivity contribution in [2.45, 2.75) is 39.2 Å². The molecule has 0 aliphatic heterocycles. The molecular weight excluding hydrogens is 175 g/mol. The van der Waals surface area contributed by atoms with Crippen molar-refractivity contribution in [3.05, 3.63) is 11.6 Å². The number of allylic oxidation sites excluding steroid dienone is 2. The number of terminal acetylenes is 1. The van der Waals surface area contributed by atoms with Gasteiger partial charge in [0.25, 0.3) is 0 Å². The van der Waals surface area contributed by atoms with E-state index in [1.54, 1.807) is 6.92 Å². The van der Waals surface area contributed by atoms with Crippen molar-refractivity contribution in [3.63, 3.8) is 0 Å². The molecule has 0 heterocycles. The summed E-state index contributed by atoms with van der Waals surface area (Å²) in [6.45, 7) is 5.57. The smallest absolute Gasteiger partial charge is 0.840 e. The van der Waals surface area contributed by atoms with Crippen LogP contribution in [0.15, 0.2) is 11.6 Å². The molecule has 2 heteroatoms. The van der Waals surface area contributed by atoms with E-state index in [1.807, 2.05) is 19.9 Å². The predicted molar refractivity (Wildman–Crippen MR) is 45.9 cm³/mol. The van der Waals surface area contributed by atoms with Crippen LogP contribution in [0.25, 0.3) is 0 Å². The molecule has 0 aliphatic carbocycles. The van der Waals surface area contributed by atoms with Gasteiger partial charge in [-0.2, -0.15) is 0 Å². The van der Waals surface area contributed by atoms with Crippen LogP contribution in [0.1, 0.15) is 33.6 Å². The molecule has 0 N–H and O–H groups in total. The summed E-state index contributed by atoms with van der Waals surface area (Å²) in [7, 11) is 0. The van der Waals surface area contributed by atoms with Crippen molar-refractivity contribution >= 4 is 0 Å². The van der Waals surface area contributed by atoms with Crippen molar-refractivity contribution in [1.82, 2.24) is 0 Å². The van der Waals surface area contributed by atoms with Crippen LogP contribution >= 0.6 is 0 Å². The second kappa shape index (κ2) is 7.31. The van der Waals surface area contributed by atoms with Crippen LogP contribution < -0.4 is 56.5 Å². The molecule has 1 atom stereocenters. The molecular formula is C10H15KO. The van der Waals surface area contributed by atoms with Gasteiger partial charge in [-0.3, -0.25) is 0 Å². The fraction of sp³-hybridized carbons (Fsp3) is 0.600. The van der Waals surface area contributed by atoms with Gasteiger partial charge in [-0.15, -0.1) is 12.3 Å². The van der Waals surface area contributed by atoms with Crippen molar-refractivity contribution in [3.8, 4) is 12.3 Å². The number of hydrogen-bond acceptors (Lipinski definition) is 1. The average Bonchev–Trinajstić information content (AvgIpc) is 1.87. The van der Waals surface area contributed by atoms with Crippen LogP contribution in [0.2, 0.25) is 0 Å². The maximum atomic E-state index is 11.2. The molecule has 0 aromatic carbocycles. The molecule has 12 heavy (non-hydrogen) atoms. The van der Waals surface area contributed by atoms with Crippen LogP contribution in [0.3, 0.4) is 0 Å². The van der Waals surface area contributed by atoms with Crippen molar-refractivity contribution in [2.75, 3.05) is 0 Å². The van der Waals surface area contributed by atoms with Crippen LogP contribution in [0, 0.1) is 12.3 Å². The Balaban J connectivity index is 0. The number of rotatable bonds is 3. The third-order valence-electron chi connectivity index (χ3n) is 1.48.